The number of aryl methyl sites for hydroxylation is 1. The molecule has 0 fully saturated rings. The Morgan fingerprint density at radius 1 is 1.21 bits per heavy atom. The summed E-state index contributed by atoms with van der Waals surface area (Å²) in [6.45, 7) is 1.35. The minimum absolute atomic E-state index is 0.309. The zero-order valence-electron chi connectivity index (χ0n) is 18.1. The maximum Gasteiger partial charge on any atom is 0.252 e. The van der Waals surface area contributed by atoms with E-state index in [1.165, 1.54) is 0 Å². The van der Waals surface area contributed by atoms with Crippen LogP contribution in [0.2, 0.25) is 0 Å². The summed E-state index contributed by atoms with van der Waals surface area (Å²) in [5, 5.41) is 28.5. The number of carbonyl (C=O) groups is 1. The molecule has 0 bridgehead atoms. The van der Waals surface area contributed by atoms with Crippen LogP contribution in [-0.2, 0) is 20.1 Å². The second-order valence-corrected chi connectivity index (χ2v) is 8.14. The third-order valence-electron chi connectivity index (χ3n) is 6.07. The van der Waals surface area contributed by atoms with Crippen molar-refractivity contribution in [2.24, 2.45) is 12.8 Å². The fourth-order valence-electron chi connectivity index (χ4n) is 4.32. The van der Waals surface area contributed by atoms with Crippen LogP contribution in [0.15, 0.2) is 54.7 Å². The Balaban J connectivity index is 1.44. The van der Waals surface area contributed by atoms with Crippen molar-refractivity contribution in [3.05, 3.63) is 71.5 Å². The van der Waals surface area contributed by atoms with Crippen molar-refractivity contribution in [3.8, 4) is 17.3 Å². The molecule has 0 spiro atoms. The second-order valence-electron chi connectivity index (χ2n) is 8.14. The summed E-state index contributed by atoms with van der Waals surface area (Å²) in [6, 6.07) is 16.9. The third kappa shape index (κ3) is 3.71. The molecule has 9 nitrogen and oxygen atoms in total. The largest absolute Gasteiger partial charge is 0.365 e. The van der Waals surface area contributed by atoms with Crippen molar-refractivity contribution in [2.45, 2.75) is 19.4 Å². The van der Waals surface area contributed by atoms with E-state index >= 15 is 0 Å². The van der Waals surface area contributed by atoms with E-state index in [-0.39, 0.29) is 0 Å². The highest BCUT2D eigenvalue weighted by Crippen LogP contribution is 2.31. The molecule has 2 aromatic heterocycles. The van der Waals surface area contributed by atoms with Gasteiger partial charge in [0.1, 0.15) is 5.69 Å². The molecule has 4 aromatic rings. The molecular formula is C24H23N7O2. The maximum atomic E-state index is 12.5. The van der Waals surface area contributed by atoms with Crippen molar-refractivity contribution in [2.75, 3.05) is 11.9 Å². The Bertz CT molecular complexity index is 1390. The molecule has 0 saturated carbocycles. The number of anilines is 1. The Morgan fingerprint density at radius 2 is 2.00 bits per heavy atom. The van der Waals surface area contributed by atoms with Crippen LogP contribution in [0.1, 0.15) is 21.6 Å². The predicted octanol–water partition coefficient (Wildman–Crippen LogP) is 2.22. The van der Waals surface area contributed by atoms with Crippen LogP contribution in [-0.4, -0.2) is 43.2 Å². The van der Waals surface area contributed by atoms with Crippen LogP contribution in [0.4, 0.5) is 5.69 Å². The average molecular weight is 441 g/mol. The first-order chi connectivity index (χ1) is 15.9. The number of carbonyl (C=O) groups excluding carboxylic acids is 1. The van der Waals surface area contributed by atoms with Crippen molar-refractivity contribution in [1.82, 2.24) is 19.2 Å². The predicted molar refractivity (Wildman–Crippen MR) is 124 cm³/mol. The van der Waals surface area contributed by atoms with E-state index in [1.807, 2.05) is 47.0 Å². The van der Waals surface area contributed by atoms with E-state index in [0.29, 0.717) is 47.8 Å². The molecule has 1 aliphatic rings. The lowest BCUT2D eigenvalue weighted by Crippen LogP contribution is -2.45. The number of rotatable bonds is 5. The highest BCUT2D eigenvalue weighted by molar-refractivity contribution is 6.01. The Kier molecular flexibility index (Phi) is 5.09. The molecule has 166 valence electrons. The van der Waals surface area contributed by atoms with Gasteiger partial charge >= 0.3 is 0 Å². The SMILES string of the molecule is Cn1ccc2cc(-c3nn4c(c3C(N)=O)CN(C(O)Nc3ccc(C#N)cc3)CC4)ccc21. The van der Waals surface area contributed by atoms with Gasteiger partial charge in [0, 0.05) is 48.5 Å². The number of fused-ring (bicyclic) bond motifs is 2. The summed E-state index contributed by atoms with van der Waals surface area (Å²) < 4.78 is 3.84. The number of aromatic nitrogens is 3. The number of hydrogen-bond donors (Lipinski definition) is 3. The van der Waals surface area contributed by atoms with E-state index in [4.69, 9.17) is 16.1 Å². The molecule has 4 N–H and O–H groups in total. The highest BCUT2D eigenvalue weighted by Gasteiger charge is 2.30. The zero-order chi connectivity index (χ0) is 23.1. The molecular weight excluding hydrogens is 418 g/mol. The Hall–Kier alpha value is -4.13. The highest BCUT2D eigenvalue weighted by atomic mass is 16.3. The van der Waals surface area contributed by atoms with Crippen LogP contribution in [0, 0.1) is 11.3 Å². The minimum Gasteiger partial charge on any atom is -0.365 e. The number of nitriles is 1. The van der Waals surface area contributed by atoms with Gasteiger partial charge in [0.2, 0.25) is 0 Å². The third-order valence-corrected chi connectivity index (χ3v) is 6.07. The van der Waals surface area contributed by atoms with Gasteiger partial charge < -0.3 is 20.7 Å². The molecule has 1 aliphatic heterocycles. The van der Waals surface area contributed by atoms with E-state index in [2.05, 4.69) is 11.4 Å². The second kappa shape index (κ2) is 8.09. The molecule has 2 aromatic carbocycles. The number of nitrogens with zero attached hydrogens (tertiary/aromatic N) is 5. The molecule has 0 radical (unpaired) electrons. The van der Waals surface area contributed by atoms with E-state index < -0.39 is 12.3 Å². The number of nitrogens with one attached hydrogen (secondary N) is 1. The molecule has 0 saturated heterocycles. The van der Waals surface area contributed by atoms with Gasteiger partial charge in [0.25, 0.3) is 5.91 Å². The van der Waals surface area contributed by atoms with Gasteiger partial charge in [-0.2, -0.15) is 10.4 Å². The molecule has 1 amide bonds. The smallest absolute Gasteiger partial charge is 0.252 e. The van der Waals surface area contributed by atoms with E-state index in [9.17, 15) is 9.90 Å². The first kappa shape index (κ1) is 20.8. The molecule has 5 rings (SSSR count). The van der Waals surface area contributed by atoms with E-state index in [1.54, 1.807) is 28.9 Å². The summed E-state index contributed by atoms with van der Waals surface area (Å²) in [5.41, 5.74) is 10.5. The number of amides is 1. The molecule has 1 unspecified atom stereocenters. The summed E-state index contributed by atoms with van der Waals surface area (Å²) in [6.07, 6.45) is 1.01. The minimum atomic E-state index is -0.980. The van der Waals surface area contributed by atoms with Crippen molar-refractivity contribution < 1.29 is 9.90 Å². The average Bonchev–Trinajstić information content (AvgIpc) is 3.39. The van der Waals surface area contributed by atoms with Crippen LogP contribution in [0.3, 0.4) is 0 Å². The van der Waals surface area contributed by atoms with Crippen LogP contribution in [0.25, 0.3) is 22.2 Å². The van der Waals surface area contributed by atoms with Gasteiger partial charge in [-0.05, 0) is 42.5 Å². The molecule has 1 atom stereocenters. The summed E-state index contributed by atoms with van der Waals surface area (Å²) in [5.74, 6) is -0.546. The van der Waals surface area contributed by atoms with Gasteiger partial charge in [0.05, 0.1) is 29.4 Å². The van der Waals surface area contributed by atoms with E-state index in [0.717, 1.165) is 16.5 Å². The maximum absolute atomic E-state index is 12.5. The normalized spacial score (nSPS) is 14.6. The fourth-order valence-corrected chi connectivity index (χ4v) is 4.32. The lowest BCUT2D eigenvalue weighted by atomic mass is 10.0. The quantitative estimate of drug-likeness (QED) is 0.408. The van der Waals surface area contributed by atoms with Gasteiger partial charge in [0.15, 0.2) is 6.35 Å². The topological polar surface area (TPSA) is 125 Å². The van der Waals surface area contributed by atoms with Crippen molar-refractivity contribution in [1.29, 1.82) is 5.26 Å². The standard InChI is InChI=1S/C24H23N7O2/c1-29-9-8-16-12-17(4-7-19(16)29)22-21(23(26)32)20-14-30(10-11-31(20)28-22)24(33)27-18-5-2-15(13-25)3-6-18/h2-9,12,24,27,33H,10-11,14H2,1H3,(H2,26,32). The number of benzene rings is 2. The number of nitrogens with two attached hydrogens (primary N) is 1. The first-order valence-electron chi connectivity index (χ1n) is 10.6. The van der Waals surface area contributed by atoms with Gasteiger partial charge in [-0.1, -0.05) is 6.07 Å². The lowest BCUT2D eigenvalue weighted by Gasteiger charge is -2.32. The number of hydrogen-bond acceptors (Lipinski definition) is 6. The summed E-state index contributed by atoms with van der Waals surface area (Å²) in [7, 11) is 1.98. The first-order valence-corrected chi connectivity index (χ1v) is 10.6. The van der Waals surface area contributed by atoms with Gasteiger partial charge in [-0.25, -0.2) is 0 Å². The van der Waals surface area contributed by atoms with Crippen molar-refractivity contribution in [3.63, 3.8) is 0 Å². The number of aliphatic hydroxyl groups excluding tert-OH is 1. The Labute approximate surface area is 190 Å². The van der Waals surface area contributed by atoms with Crippen LogP contribution < -0.4 is 11.1 Å². The summed E-state index contributed by atoms with van der Waals surface area (Å²) >= 11 is 0. The number of aliphatic hydroxyl groups is 1. The molecule has 9 heteroatoms. The molecule has 33 heavy (non-hydrogen) atoms. The number of primary amides is 1. The lowest BCUT2D eigenvalue weighted by molar-refractivity contribution is 0.00610. The molecule has 3 heterocycles. The Morgan fingerprint density at radius 3 is 2.73 bits per heavy atom. The van der Waals surface area contributed by atoms with Crippen molar-refractivity contribution >= 4 is 22.5 Å². The van der Waals surface area contributed by atoms with Crippen LogP contribution in [0.5, 0.6) is 0 Å². The van der Waals surface area contributed by atoms with Gasteiger partial charge in [-0.15, -0.1) is 0 Å². The summed E-state index contributed by atoms with van der Waals surface area (Å²) in [4.78, 5) is 14.3. The molecule has 0 aliphatic carbocycles. The zero-order valence-corrected chi connectivity index (χ0v) is 18.1. The fraction of sp³-hybridized carbons (Fsp3) is 0.208. The van der Waals surface area contributed by atoms with Crippen LogP contribution >= 0.6 is 0 Å². The monoisotopic (exact) mass is 441 g/mol. The van der Waals surface area contributed by atoms with Gasteiger partial charge in [-0.3, -0.25) is 14.4 Å².